The Morgan fingerprint density at radius 3 is 2.20 bits per heavy atom. The van der Waals surface area contributed by atoms with Crippen LogP contribution in [0.1, 0.15) is 58.4 Å². The maximum Gasteiger partial charge on any atom is 0.355 e. The molecule has 166 valence electrons. The summed E-state index contributed by atoms with van der Waals surface area (Å²) in [5, 5.41) is 28.6. The van der Waals surface area contributed by atoms with Crippen molar-refractivity contribution in [3.8, 4) is 5.75 Å². The van der Waals surface area contributed by atoms with Crippen molar-refractivity contribution < 1.29 is 29.6 Å². The Kier molecular flexibility index (Phi) is 13.2. The topological polar surface area (TPSA) is 144 Å². The third kappa shape index (κ3) is 8.46. The van der Waals surface area contributed by atoms with Gasteiger partial charge in [0.15, 0.2) is 0 Å². The van der Waals surface area contributed by atoms with Crippen LogP contribution in [0.25, 0.3) is 0 Å². The Balaban J connectivity index is 0.00000125. The normalized spacial score (nSPS) is 9.83. The third-order valence-corrected chi connectivity index (χ3v) is 3.59. The van der Waals surface area contributed by atoms with Gasteiger partial charge in [-0.25, -0.2) is 10.2 Å². The number of para-hydroxylation sites is 1. The number of aromatic nitrogens is 1. The number of carbonyl (C=O) groups excluding carboxylic acids is 2. The highest BCUT2D eigenvalue weighted by Crippen LogP contribution is 2.17. The van der Waals surface area contributed by atoms with E-state index >= 15 is 0 Å². The van der Waals surface area contributed by atoms with Crippen LogP contribution < -0.4 is 5.43 Å². The second-order valence-electron chi connectivity index (χ2n) is 5.73. The summed E-state index contributed by atoms with van der Waals surface area (Å²) in [4.78, 5) is 26.7. The van der Waals surface area contributed by atoms with E-state index in [0.29, 0.717) is 11.4 Å². The highest BCUT2D eigenvalue weighted by Gasteiger charge is 2.17. The average molecular weight is 421 g/mol. The fourth-order valence-electron chi connectivity index (χ4n) is 2.13. The van der Waals surface area contributed by atoms with Crippen LogP contribution in [0, 0.1) is 13.8 Å². The van der Waals surface area contributed by atoms with Gasteiger partial charge in [-0.3, -0.25) is 4.79 Å². The maximum absolute atomic E-state index is 11.9. The number of aliphatic hydroxyl groups excluding tert-OH is 2. The third-order valence-electron chi connectivity index (χ3n) is 3.59. The van der Waals surface area contributed by atoms with Gasteiger partial charge in [-0.2, -0.15) is 5.10 Å². The van der Waals surface area contributed by atoms with Crippen LogP contribution in [0.3, 0.4) is 0 Å². The van der Waals surface area contributed by atoms with Gasteiger partial charge in [-0.15, -0.1) is 0 Å². The van der Waals surface area contributed by atoms with Crippen LogP contribution >= 0.6 is 0 Å². The molecule has 2 aromatic rings. The quantitative estimate of drug-likeness (QED) is 0.285. The van der Waals surface area contributed by atoms with Gasteiger partial charge in [0.25, 0.3) is 5.91 Å². The molecule has 30 heavy (non-hydrogen) atoms. The standard InChI is InChI=1S/C17H19N3O4.2C2H6O/c1-4-24-17(23)15-11(3)10(2)13(19-15)9-18-20-16(22)12-7-5-6-8-14(12)21;2*1-2-3/h5-9,19,21H,4H2,1-3H3,(H,20,22);2*3H,2H2,1H3/b18-9+;;. The molecule has 0 aliphatic heterocycles. The van der Waals surface area contributed by atoms with Crippen molar-refractivity contribution in [1.82, 2.24) is 10.4 Å². The van der Waals surface area contributed by atoms with Crippen molar-refractivity contribution in [3.05, 3.63) is 52.3 Å². The van der Waals surface area contributed by atoms with Crippen LogP contribution in [0.2, 0.25) is 0 Å². The molecular formula is C21H31N3O6. The van der Waals surface area contributed by atoms with E-state index in [1.807, 2.05) is 6.92 Å². The van der Waals surface area contributed by atoms with Gasteiger partial charge in [0.2, 0.25) is 0 Å². The second kappa shape index (κ2) is 14.8. The molecule has 0 fully saturated rings. The zero-order valence-electron chi connectivity index (χ0n) is 18.0. The molecule has 0 bridgehead atoms. The van der Waals surface area contributed by atoms with Crippen molar-refractivity contribution in [2.24, 2.45) is 5.10 Å². The van der Waals surface area contributed by atoms with Crippen LogP contribution in [-0.2, 0) is 4.74 Å². The van der Waals surface area contributed by atoms with E-state index in [1.165, 1.54) is 18.3 Å². The summed E-state index contributed by atoms with van der Waals surface area (Å²) in [6.07, 6.45) is 1.41. The molecule has 1 heterocycles. The summed E-state index contributed by atoms with van der Waals surface area (Å²) >= 11 is 0. The Bertz CT molecular complexity index is 828. The van der Waals surface area contributed by atoms with Gasteiger partial charge in [0.05, 0.1) is 24.1 Å². The first kappa shape index (κ1) is 26.8. The van der Waals surface area contributed by atoms with Crippen LogP contribution in [-0.4, -0.2) is 58.2 Å². The Hall–Kier alpha value is -3.17. The first-order valence-electron chi connectivity index (χ1n) is 9.48. The monoisotopic (exact) mass is 421 g/mol. The van der Waals surface area contributed by atoms with Crippen LogP contribution in [0.5, 0.6) is 5.75 Å². The number of carbonyl (C=O) groups is 2. The summed E-state index contributed by atoms with van der Waals surface area (Å²) in [6, 6.07) is 6.17. The van der Waals surface area contributed by atoms with Crippen molar-refractivity contribution in [1.29, 1.82) is 0 Å². The minimum Gasteiger partial charge on any atom is -0.507 e. The fourth-order valence-corrected chi connectivity index (χ4v) is 2.13. The molecular weight excluding hydrogens is 390 g/mol. The molecule has 0 saturated heterocycles. The van der Waals surface area contributed by atoms with E-state index in [9.17, 15) is 14.7 Å². The molecule has 1 aromatic heterocycles. The number of hydrogen-bond acceptors (Lipinski definition) is 7. The zero-order chi connectivity index (χ0) is 23.1. The SMILES string of the molecule is CCO.CCO.CCOC(=O)c1[nH]c(/C=N/NC(=O)c2ccccc2O)c(C)c1C. The molecule has 2 rings (SSSR count). The molecule has 5 N–H and O–H groups in total. The van der Waals surface area contributed by atoms with Crippen molar-refractivity contribution >= 4 is 18.1 Å². The van der Waals surface area contributed by atoms with Gasteiger partial charge in [-0.1, -0.05) is 12.1 Å². The summed E-state index contributed by atoms with van der Waals surface area (Å²) in [7, 11) is 0. The van der Waals surface area contributed by atoms with E-state index in [1.54, 1.807) is 39.8 Å². The van der Waals surface area contributed by atoms with Crippen molar-refractivity contribution in [2.45, 2.75) is 34.6 Å². The number of H-pyrrole nitrogens is 1. The van der Waals surface area contributed by atoms with Crippen LogP contribution in [0.4, 0.5) is 0 Å². The maximum atomic E-state index is 11.9. The lowest BCUT2D eigenvalue weighted by molar-refractivity contribution is 0.0519. The number of amides is 1. The van der Waals surface area contributed by atoms with Gasteiger partial charge >= 0.3 is 5.97 Å². The minimum absolute atomic E-state index is 0.123. The molecule has 0 radical (unpaired) electrons. The predicted molar refractivity (Wildman–Crippen MR) is 115 cm³/mol. The molecule has 0 aliphatic carbocycles. The molecule has 0 saturated carbocycles. The largest absolute Gasteiger partial charge is 0.507 e. The number of nitrogens with one attached hydrogen (secondary N) is 2. The number of benzene rings is 1. The number of phenols is 1. The highest BCUT2D eigenvalue weighted by atomic mass is 16.5. The fraction of sp³-hybridized carbons (Fsp3) is 0.381. The Morgan fingerprint density at radius 1 is 1.10 bits per heavy atom. The first-order valence-corrected chi connectivity index (χ1v) is 9.48. The predicted octanol–water partition coefficient (Wildman–Crippen LogP) is 2.27. The molecule has 0 spiro atoms. The number of hydrogen-bond donors (Lipinski definition) is 5. The highest BCUT2D eigenvalue weighted by molar-refractivity contribution is 5.97. The number of aromatic amines is 1. The number of ether oxygens (including phenoxy) is 1. The second-order valence-corrected chi connectivity index (χ2v) is 5.73. The zero-order valence-corrected chi connectivity index (χ0v) is 18.0. The summed E-state index contributed by atoms with van der Waals surface area (Å²) in [5.41, 5.74) is 5.01. The van der Waals surface area contributed by atoms with E-state index in [-0.39, 0.29) is 31.1 Å². The lowest BCUT2D eigenvalue weighted by Gasteiger charge is -2.01. The molecule has 0 unspecified atom stereocenters. The number of rotatable bonds is 5. The van der Waals surface area contributed by atoms with E-state index in [0.717, 1.165) is 11.1 Å². The van der Waals surface area contributed by atoms with Gasteiger partial charge in [0.1, 0.15) is 11.4 Å². The van der Waals surface area contributed by atoms with Gasteiger partial charge in [0, 0.05) is 13.2 Å². The van der Waals surface area contributed by atoms with E-state index in [4.69, 9.17) is 14.9 Å². The smallest absolute Gasteiger partial charge is 0.355 e. The number of esters is 1. The van der Waals surface area contributed by atoms with E-state index < -0.39 is 11.9 Å². The molecule has 9 heteroatoms. The number of aromatic hydroxyl groups is 1. The lowest BCUT2D eigenvalue weighted by Crippen LogP contribution is -2.17. The van der Waals surface area contributed by atoms with Crippen LogP contribution in [0.15, 0.2) is 29.4 Å². The number of phenolic OH excluding ortho intramolecular Hbond substituents is 1. The Morgan fingerprint density at radius 2 is 1.67 bits per heavy atom. The first-order chi connectivity index (χ1) is 14.3. The summed E-state index contributed by atoms with van der Waals surface area (Å²) < 4.78 is 4.98. The van der Waals surface area contributed by atoms with Gasteiger partial charge in [-0.05, 0) is 57.9 Å². The number of hydrazone groups is 1. The summed E-state index contributed by atoms with van der Waals surface area (Å²) in [6.45, 7) is 9.52. The molecule has 1 aromatic carbocycles. The summed E-state index contributed by atoms with van der Waals surface area (Å²) in [5.74, 6) is -1.09. The Labute approximate surface area is 176 Å². The van der Waals surface area contributed by atoms with Crippen molar-refractivity contribution in [3.63, 3.8) is 0 Å². The number of nitrogens with zero attached hydrogens (tertiary/aromatic N) is 1. The molecule has 0 aliphatic rings. The lowest BCUT2D eigenvalue weighted by atomic mass is 10.1. The van der Waals surface area contributed by atoms with Gasteiger partial charge < -0.3 is 25.0 Å². The van der Waals surface area contributed by atoms with E-state index in [2.05, 4.69) is 15.5 Å². The molecule has 9 nitrogen and oxygen atoms in total. The number of aliphatic hydroxyl groups is 2. The average Bonchev–Trinajstić information content (AvgIpc) is 2.98. The van der Waals surface area contributed by atoms with Crippen molar-refractivity contribution in [2.75, 3.05) is 19.8 Å². The molecule has 0 atom stereocenters. The molecule has 1 amide bonds. The minimum atomic E-state index is -0.532.